The van der Waals surface area contributed by atoms with Gasteiger partial charge in [0.15, 0.2) is 15.7 Å². The van der Waals surface area contributed by atoms with Crippen LogP contribution >= 0.6 is 11.3 Å². The molecule has 1 saturated carbocycles. The topological polar surface area (TPSA) is 111 Å². The molecule has 200 valence electrons. The molecule has 0 amide bonds. The molecule has 0 radical (unpaired) electrons. The number of thiophene rings is 1. The Labute approximate surface area is 226 Å². The summed E-state index contributed by atoms with van der Waals surface area (Å²) in [5.74, 6) is 1.54. The molecule has 0 N–H and O–H groups in total. The quantitative estimate of drug-likeness (QED) is 0.287. The van der Waals surface area contributed by atoms with Crippen molar-refractivity contribution in [2.45, 2.75) is 74.5 Å². The van der Waals surface area contributed by atoms with Gasteiger partial charge < -0.3 is 14.2 Å². The second-order valence-corrected chi connectivity index (χ2v) is 13.5. The Hall–Kier alpha value is -3.05. The monoisotopic (exact) mass is 553 g/mol. The molecule has 1 aliphatic heterocycles. The van der Waals surface area contributed by atoms with Crippen LogP contribution in [0.3, 0.4) is 0 Å². The molecule has 4 aromatic rings. The van der Waals surface area contributed by atoms with E-state index in [1.165, 1.54) is 6.33 Å². The Morgan fingerprint density at radius 3 is 2.47 bits per heavy atom. The van der Waals surface area contributed by atoms with Crippen LogP contribution in [0, 0.1) is 0 Å². The van der Waals surface area contributed by atoms with E-state index in [2.05, 4.69) is 25.0 Å². The summed E-state index contributed by atoms with van der Waals surface area (Å²) in [5, 5.41) is 5.86. The molecule has 6 rings (SSSR count). The molecule has 0 unspecified atom stereocenters. The SMILES string of the molecule is CC(C)c1noc(N2CCC(Oc3ncnc4c(-c5ccc(S(=O)(=O)C6CCCC6)cc5)csc34)CC2)n1. The number of sulfone groups is 1. The number of hydrogen-bond acceptors (Lipinski definition) is 10. The van der Waals surface area contributed by atoms with E-state index < -0.39 is 9.84 Å². The highest BCUT2D eigenvalue weighted by atomic mass is 32.2. The third-order valence-electron chi connectivity index (χ3n) is 7.49. The van der Waals surface area contributed by atoms with Crippen LogP contribution in [0.25, 0.3) is 21.3 Å². The van der Waals surface area contributed by atoms with Crippen LogP contribution < -0.4 is 9.64 Å². The van der Waals surface area contributed by atoms with Crippen molar-refractivity contribution in [3.63, 3.8) is 0 Å². The first kappa shape index (κ1) is 25.2. The van der Waals surface area contributed by atoms with E-state index >= 15 is 0 Å². The Morgan fingerprint density at radius 2 is 1.79 bits per heavy atom. The zero-order valence-corrected chi connectivity index (χ0v) is 23.2. The molecule has 3 aromatic heterocycles. The summed E-state index contributed by atoms with van der Waals surface area (Å²) in [5.41, 5.74) is 2.70. The summed E-state index contributed by atoms with van der Waals surface area (Å²) in [6.07, 6.45) is 6.70. The maximum atomic E-state index is 13.0. The minimum absolute atomic E-state index is 0.0301. The molecule has 9 nitrogen and oxygen atoms in total. The van der Waals surface area contributed by atoms with Crippen molar-refractivity contribution in [1.82, 2.24) is 20.1 Å². The van der Waals surface area contributed by atoms with E-state index in [4.69, 9.17) is 9.26 Å². The molecule has 0 bridgehead atoms. The fourth-order valence-electron chi connectivity index (χ4n) is 5.25. The second kappa shape index (κ2) is 10.3. The van der Waals surface area contributed by atoms with Crippen LogP contribution in [-0.4, -0.2) is 53.0 Å². The van der Waals surface area contributed by atoms with Gasteiger partial charge in [0.25, 0.3) is 0 Å². The Bertz CT molecular complexity index is 1520. The van der Waals surface area contributed by atoms with Gasteiger partial charge >= 0.3 is 6.01 Å². The molecule has 4 heterocycles. The molecule has 2 fully saturated rings. The van der Waals surface area contributed by atoms with E-state index in [0.29, 0.717) is 16.8 Å². The average molecular weight is 554 g/mol. The molecule has 2 aliphatic rings. The lowest BCUT2D eigenvalue weighted by molar-refractivity contribution is 0.164. The number of ether oxygens (including phenoxy) is 1. The van der Waals surface area contributed by atoms with Crippen LogP contribution in [0.15, 0.2) is 45.4 Å². The number of benzene rings is 1. The van der Waals surface area contributed by atoms with Gasteiger partial charge in [0.2, 0.25) is 5.88 Å². The van der Waals surface area contributed by atoms with Gasteiger partial charge in [0, 0.05) is 42.8 Å². The lowest BCUT2D eigenvalue weighted by Gasteiger charge is -2.30. The number of piperidine rings is 1. The van der Waals surface area contributed by atoms with Gasteiger partial charge in [0.05, 0.1) is 15.7 Å². The van der Waals surface area contributed by atoms with Gasteiger partial charge in [-0.05, 0) is 30.5 Å². The molecule has 1 saturated heterocycles. The zero-order valence-electron chi connectivity index (χ0n) is 21.5. The standard InChI is InChI=1S/C27H31N5O4S2/c1-17(2)25-30-27(36-31-25)32-13-11-19(12-14-32)35-26-24-23(28-16-29-26)22(15-37-24)18-7-9-21(10-8-18)38(33,34)20-5-3-4-6-20/h7-10,15-17,19-20H,3-6,11-14H2,1-2H3. The summed E-state index contributed by atoms with van der Waals surface area (Å²) < 4.78 is 38.6. The number of rotatable bonds is 7. The van der Waals surface area contributed by atoms with Gasteiger partial charge in [0.1, 0.15) is 17.1 Å². The maximum absolute atomic E-state index is 13.0. The highest BCUT2D eigenvalue weighted by Crippen LogP contribution is 2.38. The average Bonchev–Trinajstić information content (AvgIpc) is 3.71. The largest absolute Gasteiger partial charge is 0.473 e. The summed E-state index contributed by atoms with van der Waals surface area (Å²) in [4.78, 5) is 16.0. The number of fused-ring (bicyclic) bond motifs is 1. The molecule has 1 aromatic carbocycles. The van der Waals surface area contributed by atoms with Crippen molar-refractivity contribution in [3.8, 4) is 17.0 Å². The minimum Gasteiger partial charge on any atom is -0.473 e. The molecule has 11 heteroatoms. The molecular formula is C27H31N5O4S2. The smallest absolute Gasteiger partial charge is 0.324 e. The number of aromatic nitrogens is 4. The number of hydrogen-bond donors (Lipinski definition) is 0. The van der Waals surface area contributed by atoms with Gasteiger partial charge in [-0.3, -0.25) is 0 Å². The third kappa shape index (κ3) is 4.77. The van der Waals surface area contributed by atoms with Crippen LogP contribution in [-0.2, 0) is 9.84 Å². The van der Waals surface area contributed by atoms with Gasteiger partial charge in [-0.25, -0.2) is 18.4 Å². The minimum atomic E-state index is -3.27. The van der Waals surface area contributed by atoms with E-state index in [1.807, 2.05) is 31.4 Å². The maximum Gasteiger partial charge on any atom is 0.324 e. The van der Waals surface area contributed by atoms with Crippen LogP contribution in [0.5, 0.6) is 5.88 Å². The highest BCUT2D eigenvalue weighted by Gasteiger charge is 2.30. The second-order valence-electron chi connectivity index (χ2n) is 10.4. The molecular weight excluding hydrogens is 522 g/mol. The van der Waals surface area contributed by atoms with Crippen molar-refractivity contribution in [1.29, 1.82) is 0 Å². The fourth-order valence-corrected chi connectivity index (χ4v) is 8.06. The van der Waals surface area contributed by atoms with Crippen LogP contribution in [0.1, 0.15) is 64.1 Å². The lowest BCUT2D eigenvalue weighted by Crippen LogP contribution is -2.38. The van der Waals surface area contributed by atoms with Crippen LogP contribution in [0.2, 0.25) is 0 Å². The first-order valence-corrected chi connectivity index (χ1v) is 15.6. The van der Waals surface area contributed by atoms with Crippen molar-refractivity contribution in [2.75, 3.05) is 18.0 Å². The predicted octanol–water partition coefficient (Wildman–Crippen LogP) is 5.63. The van der Waals surface area contributed by atoms with Crippen molar-refractivity contribution < 1.29 is 17.7 Å². The molecule has 1 aliphatic carbocycles. The molecule has 0 spiro atoms. The van der Waals surface area contributed by atoms with E-state index in [-0.39, 0.29) is 17.3 Å². The highest BCUT2D eigenvalue weighted by molar-refractivity contribution is 7.92. The van der Waals surface area contributed by atoms with E-state index in [0.717, 1.165) is 78.8 Å². The summed E-state index contributed by atoms with van der Waals surface area (Å²) in [6.45, 7) is 5.63. The van der Waals surface area contributed by atoms with Crippen molar-refractivity contribution in [3.05, 3.63) is 41.8 Å². The van der Waals surface area contributed by atoms with E-state index in [9.17, 15) is 8.42 Å². The first-order valence-electron chi connectivity index (χ1n) is 13.2. The summed E-state index contributed by atoms with van der Waals surface area (Å²) in [7, 11) is -3.27. The molecule has 0 atom stereocenters. The lowest BCUT2D eigenvalue weighted by atomic mass is 10.1. The van der Waals surface area contributed by atoms with Crippen LogP contribution in [0.4, 0.5) is 6.01 Å². The third-order valence-corrected chi connectivity index (χ3v) is 10.7. The predicted molar refractivity (Wildman–Crippen MR) is 147 cm³/mol. The van der Waals surface area contributed by atoms with E-state index in [1.54, 1.807) is 23.5 Å². The Balaban J connectivity index is 1.16. The number of anilines is 1. The van der Waals surface area contributed by atoms with Gasteiger partial charge in [-0.2, -0.15) is 4.98 Å². The summed E-state index contributed by atoms with van der Waals surface area (Å²) >= 11 is 1.55. The normalized spacial score (nSPS) is 17.6. The Morgan fingerprint density at radius 1 is 1.05 bits per heavy atom. The first-order chi connectivity index (χ1) is 18.4. The number of nitrogens with zero attached hydrogens (tertiary/aromatic N) is 5. The molecule has 38 heavy (non-hydrogen) atoms. The summed E-state index contributed by atoms with van der Waals surface area (Å²) in [6, 6.07) is 7.79. The Kier molecular flexibility index (Phi) is 6.81. The van der Waals surface area contributed by atoms with Crippen molar-refractivity contribution in [2.24, 2.45) is 0 Å². The fraction of sp³-hybridized carbons (Fsp3) is 0.481. The van der Waals surface area contributed by atoms with Crippen molar-refractivity contribution >= 4 is 37.4 Å². The van der Waals surface area contributed by atoms with Gasteiger partial charge in [-0.1, -0.05) is 44.0 Å². The zero-order chi connectivity index (χ0) is 26.3. The van der Waals surface area contributed by atoms with Gasteiger partial charge in [-0.15, -0.1) is 11.3 Å².